The molecule has 0 amide bonds. The van der Waals surface area contributed by atoms with E-state index >= 15 is 0 Å². The molecule has 0 aliphatic rings. The molecule has 0 spiro atoms. The Labute approximate surface area is 181 Å². The number of aromatic nitrogens is 7. The minimum Gasteiger partial charge on any atom is -0.270 e. The van der Waals surface area contributed by atoms with Gasteiger partial charge in [-0.25, -0.2) is 0 Å². The third kappa shape index (κ3) is 3.59. The lowest BCUT2D eigenvalue weighted by atomic mass is 10.2. The quantitative estimate of drug-likeness (QED) is 0.397. The molecule has 0 saturated carbocycles. The number of rotatable bonds is 5. The van der Waals surface area contributed by atoms with Gasteiger partial charge < -0.3 is 0 Å². The van der Waals surface area contributed by atoms with Crippen LogP contribution in [0.5, 0.6) is 0 Å². The predicted molar refractivity (Wildman–Crippen MR) is 119 cm³/mol. The van der Waals surface area contributed by atoms with Crippen LogP contribution in [0.1, 0.15) is 5.56 Å². The number of para-hydroxylation sites is 1. The molecule has 0 saturated heterocycles. The number of fused-ring (bicyclic) bond motifs is 1. The predicted octanol–water partition coefficient (Wildman–Crippen LogP) is 3.49. The molecule has 0 atom stereocenters. The Balaban J connectivity index is 1.56. The van der Waals surface area contributed by atoms with E-state index in [2.05, 4.69) is 25.5 Å². The normalized spacial score (nSPS) is 11.1. The molecular formula is C22H17N7OS. The fourth-order valence-electron chi connectivity index (χ4n) is 3.30. The summed E-state index contributed by atoms with van der Waals surface area (Å²) >= 11 is 1.37. The summed E-state index contributed by atoms with van der Waals surface area (Å²) in [5.74, 6) is 0.940. The van der Waals surface area contributed by atoms with Gasteiger partial charge in [0.05, 0.1) is 17.0 Å². The number of hydrogen-bond donors (Lipinski definition) is 0. The maximum Gasteiger partial charge on any atom is 0.278 e. The Hall–Kier alpha value is -3.85. The molecule has 8 nitrogen and oxygen atoms in total. The van der Waals surface area contributed by atoms with Crippen LogP contribution in [0.2, 0.25) is 0 Å². The fourth-order valence-corrected chi connectivity index (χ4v) is 4.12. The number of nitrogens with zero attached hydrogens (tertiary/aromatic N) is 7. The maximum absolute atomic E-state index is 12.8. The van der Waals surface area contributed by atoms with Gasteiger partial charge in [0, 0.05) is 18.0 Å². The van der Waals surface area contributed by atoms with Gasteiger partial charge in [-0.2, -0.15) is 4.68 Å². The van der Waals surface area contributed by atoms with E-state index in [0.29, 0.717) is 21.9 Å². The minimum atomic E-state index is -0.187. The Morgan fingerprint density at radius 3 is 2.61 bits per heavy atom. The molecule has 2 aromatic carbocycles. The summed E-state index contributed by atoms with van der Waals surface area (Å²) in [6.45, 7) is 2.04. The molecule has 5 rings (SSSR count). The summed E-state index contributed by atoms with van der Waals surface area (Å²) in [6.07, 6.45) is 3.48. The first-order valence-corrected chi connectivity index (χ1v) is 10.6. The number of pyridine rings is 1. The molecule has 3 aromatic heterocycles. The first-order valence-electron chi connectivity index (χ1n) is 9.59. The third-order valence-electron chi connectivity index (χ3n) is 4.85. The minimum absolute atomic E-state index is 0.187. The van der Waals surface area contributed by atoms with Crippen LogP contribution in [-0.2, 0) is 5.88 Å². The summed E-state index contributed by atoms with van der Waals surface area (Å²) in [5.41, 5.74) is 3.29. The first-order chi connectivity index (χ1) is 15.2. The standard InChI is InChI=1S/C22H17N7OS/c1-15-7-2-5-11-19(15)29-20(16-8-6-12-23-13-16)25-26-22(29)31-14-28-21(30)17-9-3-4-10-18(17)24-27-28/h2-13H,14H2,1H3. The number of aryl methyl sites for hydroxylation is 1. The SMILES string of the molecule is Cc1ccccc1-n1c(SCn2nnc3ccccc3c2=O)nnc1-c1cccnc1. The van der Waals surface area contributed by atoms with Crippen LogP contribution in [0.3, 0.4) is 0 Å². The molecule has 0 unspecified atom stereocenters. The smallest absolute Gasteiger partial charge is 0.270 e. The zero-order valence-corrected chi connectivity index (χ0v) is 17.4. The molecule has 0 aliphatic heterocycles. The van der Waals surface area contributed by atoms with Crippen LogP contribution < -0.4 is 5.56 Å². The highest BCUT2D eigenvalue weighted by atomic mass is 32.2. The lowest BCUT2D eigenvalue weighted by Crippen LogP contribution is -2.23. The van der Waals surface area contributed by atoms with E-state index in [1.165, 1.54) is 16.4 Å². The third-order valence-corrected chi connectivity index (χ3v) is 5.75. The molecule has 9 heteroatoms. The van der Waals surface area contributed by atoms with Crippen LogP contribution in [0.4, 0.5) is 0 Å². The van der Waals surface area contributed by atoms with Crippen molar-refractivity contribution in [3.05, 3.63) is 89.0 Å². The highest BCUT2D eigenvalue weighted by Gasteiger charge is 2.18. The Kier molecular flexibility index (Phi) is 5.01. The second-order valence-corrected chi connectivity index (χ2v) is 7.77. The number of benzene rings is 2. The summed E-state index contributed by atoms with van der Waals surface area (Å²) in [7, 11) is 0. The molecular weight excluding hydrogens is 410 g/mol. The zero-order chi connectivity index (χ0) is 21.2. The van der Waals surface area contributed by atoms with Gasteiger partial charge in [-0.15, -0.1) is 15.3 Å². The van der Waals surface area contributed by atoms with E-state index in [-0.39, 0.29) is 11.4 Å². The van der Waals surface area contributed by atoms with Gasteiger partial charge >= 0.3 is 0 Å². The van der Waals surface area contributed by atoms with Gasteiger partial charge in [0.15, 0.2) is 11.0 Å². The van der Waals surface area contributed by atoms with Crippen molar-refractivity contribution in [2.75, 3.05) is 0 Å². The molecule has 0 radical (unpaired) electrons. The van der Waals surface area contributed by atoms with Crippen LogP contribution in [0.15, 0.2) is 83.0 Å². The van der Waals surface area contributed by atoms with Gasteiger partial charge in [0.2, 0.25) is 0 Å². The largest absolute Gasteiger partial charge is 0.278 e. The van der Waals surface area contributed by atoms with Gasteiger partial charge in [0.1, 0.15) is 5.52 Å². The molecule has 152 valence electrons. The van der Waals surface area contributed by atoms with Crippen molar-refractivity contribution >= 4 is 22.7 Å². The number of thioether (sulfide) groups is 1. The Morgan fingerprint density at radius 2 is 1.77 bits per heavy atom. The second-order valence-electron chi connectivity index (χ2n) is 6.85. The average Bonchev–Trinajstić information content (AvgIpc) is 3.23. The van der Waals surface area contributed by atoms with Crippen LogP contribution in [0, 0.1) is 6.92 Å². The topological polar surface area (TPSA) is 91.4 Å². The van der Waals surface area contributed by atoms with E-state index in [4.69, 9.17) is 0 Å². The lowest BCUT2D eigenvalue weighted by Gasteiger charge is -2.13. The molecule has 31 heavy (non-hydrogen) atoms. The highest BCUT2D eigenvalue weighted by Crippen LogP contribution is 2.29. The van der Waals surface area contributed by atoms with Crippen molar-refractivity contribution < 1.29 is 0 Å². The highest BCUT2D eigenvalue weighted by molar-refractivity contribution is 7.98. The van der Waals surface area contributed by atoms with E-state index in [1.54, 1.807) is 24.5 Å². The van der Waals surface area contributed by atoms with Gasteiger partial charge in [-0.3, -0.25) is 14.3 Å². The molecule has 0 fully saturated rings. The van der Waals surface area contributed by atoms with Crippen LogP contribution in [-0.4, -0.2) is 34.7 Å². The van der Waals surface area contributed by atoms with Gasteiger partial charge in [-0.1, -0.05) is 47.3 Å². The van der Waals surface area contributed by atoms with Crippen molar-refractivity contribution in [2.24, 2.45) is 0 Å². The van der Waals surface area contributed by atoms with Crippen LogP contribution in [0.25, 0.3) is 28.0 Å². The summed E-state index contributed by atoms with van der Waals surface area (Å²) in [4.78, 5) is 17.0. The Bertz CT molecular complexity index is 1430. The summed E-state index contributed by atoms with van der Waals surface area (Å²) < 4.78 is 3.32. The van der Waals surface area contributed by atoms with Crippen molar-refractivity contribution in [3.8, 4) is 17.1 Å². The van der Waals surface area contributed by atoms with Crippen molar-refractivity contribution in [3.63, 3.8) is 0 Å². The molecule has 3 heterocycles. The van der Waals surface area contributed by atoms with E-state index in [9.17, 15) is 4.79 Å². The van der Waals surface area contributed by atoms with E-state index < -0.39 is 0 Å². The van der Waals surface area contributed by atoms with Crippen LogP contribution >= 0.6 is 11.8 Å². The maximum atomic E-state index is 12.8. The monoisotopic (exact) mass is 427 g/mol. The van der Waals surface area contributed by atoms with Crippen molar-refractivity contribution in [2.45, 2.75) is 18.0 Å². The first kappa shape index (κ1) is 19.1. The van der Waals surface area contributed by atoms with Crippen molar-refractivity contribution in [1.82, 2.24) is 34.7 Å². The summed E-state index contributed by atoms with van der Waals surface area (Å²) in [5, 5.41) is 18.2. The lowest BCUT2D eigenvalue weighted by molar-refractivity contribution is 0.643. The van der Waals surface area contributed by atoms with Gasteiger partial charge in [-0.05, 0) is 42.8 Å². The van der Waals surface area contributed by atoms with Gasteiger partial charge in [0.25, 0.3) is 5.56 Å². The molecule has 0 aliphatic carbocycles. The molecule has 5 aromatic rings. The van der Waals surface area contributed by atoms with E-state index in [1.807, 2.05) is 60.0 Å². The second kappa shape index (κ2) is 8.11. The molecule has 0 N–H and O–H groups in total. The molecule has 0 bridgehead atoms. The van der Waals surface area contributed by atoms with Crippen molar-refractivity contribution in [1.29, 1.82) is 0 Å². The summed E-state index contributed by atoms with van der Waals surface area (Å²) in [6, 6.07) is 19.0. The average molecular weight is 427 g/mol. The Morgan fingerprint density at radius 1 is 0.935 bits per heavy atom. The zero-order valence-electron chi connectivity index (χ0n) is 16.6. The fraction of sp³-hybridized carbons (Fsp3) is 0.0909. The number of hydrogen-bond acceptors (Lipinski definition) is 7. The van der Waals surface area contributed by atoms with E-state index in [0.717, 1.165) is 16.8 Å².